The van der Waals surface area contributed by atoms with Crippen LogP contribution in [-0.2, 0) is 23.8 Å². The second-order valence-corrected chi connectivity index (χ2v) is 9.70. The van der Waals surface area contributed by atoms with Crippen molar-refractivity contribution in [1.29, 1.82) is 0 Å². The SMILES string of the molecule is COc1ccc(CCNC(=O)[C@H]2Cc3cc(C(F)(F)F)ccc3N3CCN(c4ccccc4F)C[C@@H]23)cc1. The molecule has 0 spiro atoms. The van der Waals surface area contributed by atoms with Gasteiger partial charge in [0, 0.05) is 31.9 Å². The third-order valence-electron chi connectivity index (χ3n) is 7.44. The molecule has 5 nitrogen and oxygen atoms in total. The van der Waals surface area contributed by atoms with Crippen molar-refractivity contribution in [3.05, 3.63) is 89.2 Å². The summed E-state index contributed by atoms with van der Waals surface area (Å²) in [5, 5.41) is 2.99. The minimum absolute atomic E-state index is 0.180. The van der Waals surface area contributed by atoms with E-state index in [2.05, 4.69) is 5.32 Å². The van der Waals surface area contributed by atoms with Gasteiger partial charge in [-0.2, -0.15) is 13.2 Å². The number of nitrogens with one attached hydrogen (secondary N) is 1. The largest absolute Gasteiger partial charge is 0.497 e. The number of halogens is 4. The Morgan fingerprint density at radius 3 is 2.50 bits per heavy atom. The van der Waals surface area contributed by atoms with Gasteiger partial charge in [0.25, 0.3) is 0 Å². The Balaban J connectivity index is 1.38. The van der Waals surface area contributed by atoms with Crippen molar-refractivity contribution in [3.63, 3.8) is 0 Å². The molecule has 2 aliphatic heterocycles. The first-order valence-corrected chi connectivity index (χ1v) is 12.6. The summed E-state index contributed by atoms with van der Waals surface area (Å²) in [6.07, 6.45) is -3.68. The van der Waals surface area contributed by atoms with Crippen molar-refractivity contribution in [2.75, 3.05) is 43.1 Å². The number of anilines is 2. The number of piperazine rings is 1. The summed E-state index contributed by atoms with van der Waals surface area (Å²) in [6.45, 7) is 1.73. The summed E-state index contributed by atoms with van der Waals surface area (Å²) >= 11 is 0. The van der Waals surface area contributed by atoms with Gasteiger partial charge in [-0.1, -0.05) is 24.3 Å². The number of methoxy groups -OCH3 is 1. The van der Waals surface area contributed by atoms with Gasteiger partial charge in [-0.3, -0.25) is 4.79 Å². The van der Waals surface area contributed by atoms with Gasteiger partial charge >= 0.3 is 6.18 Å². The Bertz CT molecular complexity index is 1300. The average molecular weight is 528 g/mol. The van der Waals surface area contributed by atoms with Gasteiger partial charge in [0.05, 0.1) is 30.3 Å². The first-order valence-electron chi connectivity index (χ1n) is 12.6. The number of amides is 1. The minimum atomic E-state index is -4.47. The van der Waals surface area contributed by atoms with Crippen LogP contribution >= 0.6 is 0 Å². The predicted octanol–water partition coefficient (Wildman–Crippen LogP) is 5.08. The van der Waals surface area contributed by atoms with Crippen LogP contribution in [0, 0.1) is 11.7 Å². The Kier molecular flexibility index (Phi) is 7.19. The monoisotopic (exact) mass is 527 g/mol. The zero-order valence-corrected chi connectivity index (χ0v) is 21.0. The third-order valence-corrected chi connectivity index (χ3v) is 7.44. The van der Waals surface area contributed by atoms with E-state index < -0.39 is 17.7 Å². The van der Waals surface area contributed by atoms with Crippen LogP contribution in [0.5, 0.6) is 5.75 Å². The fourth-order valence-corrected chi connectivity index (χ4v) is 5.48. The highest BCUT2D eigenvalue weighted by atomic mass is 19.4. The summed E-state index contributed by atoms with van der Waals surface area (Å²) < 4.78 is 60.1. The zero-order chi connectivity index (χ0) is 26.9. The normalized spacial score (nSPS) is 19.0. The van der Waals surface area contributed by atoms with Crippen LogP contribution in [-0.4, -0.2) is 45.2 Å². The Morgan fingerprint density at radius 2 is 1.79 bits per heavy atom. The van der Waals surface area contributed by atoms with Gasteiger partial charge in [-0.25, -0.2) is 4.39 Å². The van der Waals surface area contributed by atoms with Crippen molar-refractivity contribution < 1.29 is 27.1 Å². The van der Waals surface area contributed by atoms with Gasteiger partial charge in [0.2, 0.25) is 5.91 Å². The minimum Gasteiger partial charge on any atom is -0.497 e. The van der Waals surface area contributed by atoms with Crippen molar-refractivity contribution in [1.82, 2.24) is 5.32 Å². The summed E-state index contributed by atoms with van der Waals surface area (Å²) in [5.41, 5.74) is 1.98. The fourth-order valence-electron chi connectivity index (χ4n) is 5.48. The molecular formula is C29H29F4N3O2. The van der Waals surface area contributed by atoms with Crippen LogP contribution in [0.25, 0.3) is 0 Å². The summed E-state index contributed by atoms with van der Waals surface area (Å²) in [4.78, 5) is 17.4. The van der Waals surface area contributed by atoms with Crippen LogP contribution in [0.1, 0.15) is 16.7 Å². The van der Waals surface area contributed by atoms with Gasteiger partial charge in [0.15, 0.2) is 0 Å². The molecule has 1 N–H and O–H groups in total. The molecule has 3 aromatic rings. The molecule has 2 heterocycles. The molecule has 0 radical (unpaired) electrons. The molecule has 1 fully saturated rings. The first-order chi connectivity index (χ1) is 18.2. The van der Waals surface area contributed by atoms with Gasteiger partial charge in [0.1, 0.15) is 11.6 Å². The number of hydrogen-bond acceptors (Lipinski definition) is 4. The van der Waals surface area contributed by atoms with Crippen molar-refractivity contribution >= 4 is 17.3 Å². The summed E-state index contributed by atoms with van der Waals surface area (Å²) in [7, 11) is 1.59. The summed E-state index contributed by atoms with van der Waals surface area (Å²) in [5.74, 6) is -0.399. The lowest BCUT2D eigenvalue weighted by atomic mass is 9.82. The number of alkyl halides is 3. The second-order valence-electron chi connectivity index (χ2n) is 9.70. The standard InChI is InChI=1S/C29H29F4N3O2/c1-38-22-9-6-19(7-10-22)12-13-34-28(37)23-17-20-16-21(29(31,32)33)8-11-25(20)36-15-14-35(18-27(23)36)26-5-3-2-4-24(26)30/h2-11,16,23,27H,12-15,17-18H2,1H3,(H,34,37)/t23-,27-/m0/s1. The van der Waals surface area contributed by atoms with Gasteiger partial charge in [-0.15, -0.1) is 0 Å². The maximum Gasteiger partial charge on any atom is 0.416 e. The number of rotatable bonds is 6. The third kappa shape index (κ3) is 5.28. The quantitative estimate of drug-likeness (QED) is 0.455. The van der Waals surface area contributed by atoms with Crippen LogP contribution < -0.4 is 19.9 Å². The highest BCUT2D eigenvalue weighted by Gasteiger charge is 2.43. The molecule has 0 unspecified atom stereocenters. The first kappa shape index (κ1) is 25.9. The van der Waals surface area contributed by atoms with E-state index in [-0.39, 0.29) is 24.2 Å². The number of nitrogens with zero attached hydrogens (tertiary/aromatic N) is 2. The number of carbonyl (C=O) groups excluding carboxylic acids is 1. The van der Waals surface area contributed by atoms with Gasteiger partial charge < -0.3 is 19.9 Å². The molecule has 0 bridgehead atoms. The zero-order valence-electron chi connectivity index (χ0n) is 21.0. The van der Waals surface area contributed by atoms with E-state index in [0.717, 1.165) is 23.4 Å². The summed E-state index contributed by atoms with van der Waals surface area (Å²) in [6, 6.07) is 17.5. The average Bonchev–Trinajstić information content (AvgIpc) is 2.92. The number of hydrogen-bond donors (Lipinski definition) is 1. The molecule has 1 amide bonds. The smallest absolute Gasteiger partial charge is 0.416 e. The number of benzene rings is 3. The molecule has 0 saturated carbocycles. The van der Waals surface area contributed by atoms with E-state index in [1.54, 1.807) is 25.3 Å². The predicted molar refractivity (Wildman–Crippen MR) is 138 cm³/mol. The van der Waals surface area contributed by atoms with E-state index in [1.165, 1.54) is 12.1 Å². The van der Waals surface area contributed by atoms with Gasteiger partial charge in [-0.05, 0) is 66.4 Å². The van der Waals surface area contributed by atoms with Crippen LogP contribution in [0.3, 0.4) is 0 Å². The van der Waals surface area contributed by atoms with Crippen LogP contribution in [0.4, 0.5) is 28.9 Å². The highest BCUT2D eigenvalue weighted by molar-refractivity contribution is 5.82. The molecule has 2 atom stereocenters. The maximum atomic E-state index is 14.6. The Labute approximate surface area is 219 Å². The van der Waals surface area contributed by atoms with Crippen molar-refractivity contribution in [3.8, 4) is 5.75 Å². The molecule has 3 aromatic carbocycles. The number of fused-ring (bicyclic) bond motifs is 3. The van der Waals surface area contributed by atoms with Crippen molar-refractivity contribution in [2.45, 2.75) is 25.1 Å². The lowest BCUT2D eigenvalue weighted by Gasteiger charge is -2.49. The Hall–Kier alpha value is -3.75. The fraction of sp³-hybridized carbons (Fsp3) is 0.345. The molecule has 2 aliphatic rings. The van der Waals surface area contributed by atoms with E-state index >= 15 is 0 Å². The molecule has 200 valence electrons. The molecule has 0 aliphatic carbocycles. The number of para-hydroxylation sites is 1. The molecule has 9 heteroatoms. The second kappa shape index (κ2) is 10.6. The lowest BCUT2D eigenvalue weighted by Crippen LogP contribution is -2.61. The van der Waals surface area contributed by atoms with Crippen LogP contribution in [0.15, 0.2) is 66.7 Å². The molecule has 38 heavy (non-hydrogen) atoms. The van der Waals surface area contributed by atoms with E-state index in [4.69, 9.17) is 4.74 Å². The number of ether oxygens (including phenoxy) is 1. The molecular weight excluding hydrogens is 498 g/mol. The highest BCUT2D eigenvalue weighted by Crippen LogP contribution is 2.40. The van der Waals surface area contributed by atoms with E-state index in [1.807, 2.05) is 34.1 Å². The van der Waals surface area contributed by atoms with Crippen molar-refractivity contribution in [2.24, 2.45) is 5.92 Å². The topological polar surface area (TPSA) is 44.8 Å². The van der Waals surface area contributed by atoms with E-state index in [9.17, 15) is 22.4 Å². The molecule has 1 saturated heterocycles. The molecule has 0 aromatic heterocycles. The molecule has 5 rings (SSSR count). The Morgan fingerprint density at radius 1 is 1.03 bits per heavy atom. The number of carbonyl (C=O) groups is 1. The maximum absolute atomic E-state index is 14.6. The van der Waals surface area contributed by atoms with E-state index in [0.29, 0.717) is 49.5 Å². The lowest BCUT2D eigenvalue weighted by molar-refractivity contribution is -0.137. The van der Waals surface area contributed by atoms with Crippen LogP contribution in [0.2, 0.25) is 0 Å².